The molecule has 2 aliphatic rings. The van der Waals surface area contributed by atoms with Gasteiger partial charge in [-0.15, -0.1) is 0 Å². The van der Waals surface area contributed by atoms with Crippen molar-refractivity contribution in [2.75, 3.05) is 69.1 Å². The summed E-state index contributed by atoms with van der Waals surface area (Å²) in [6.45, 7) is 1.50. The summed E-state index contributed by atoms with van der Waals surface area (Å²) < 4.78 is 0. The number of aromatic amines is 2. The summed E-state index contributed by atoms with van der Waals surface area (Å²) in [4.78, 5) is 118. The van der Waals surface area contributed by atoms with Gasteiger partial charge in [0.05, 0.1) is 12.1 Å². The summed E-state index contributed by atoms with van der Waals surface area (Å²) in [6.07, 6.45) is -0.654. The zero-order valence-corrected chi connectivity index (χ0v) is 34.6. The highest BCUT2D eigenvalue weighted by Gasteiger charge is 2.26. The van der Waals surface area contributed by atoms with Crippen LogP contribution in [0.15, 0.2) is 58.1 Å². The molecule has 4 unspecified atom stereocenters. The number of aromatic nitrogens is 4. The van der Waals surface area contributed by atoms with Gasteiger partial charge in [-0.3, -0.25) is 43.5 Å². The van der Waals surface area contributed by atoms with E-state index in [4.69, 9.17) is 26.8 Å². The molecule has 4 heterocycles. The number of carbonyl (C=O) groups excluding carboxylic acids is 3. The summed E-state index contributed by atoms with van der Waals surface area (Å²) in [6, 6.07) is 9.09. The van der Waals surface area contributed by atoms with Crippen LogP contribution in [0, 0.1) is 0 Å². The van der Waals surface area contributed by atoms with Gasteiger partial charge in [-0.05, 0) is 61.4 Å². The summed E-state index contributed by atoms with van der Waals surface area (Å²) in [5.41, 5.74) is 12.3. The number of hydrogen-bond donors (Lipinski definition) is 15. The molecule has 27 heteroatoms. The van der Waals surface area contributed by atoms with E-state index in [1.54, 1.807) is 12.1 Å². The number of hydrogen-bond acceptors (Lipinski definition) is 18. The van der Waals surface area contributed by atoms with E-state index >= 15 is 0 Å². The van der Waals surface area contributed by atoms with Crippen molar-refractivity contribution in [2.24, 2.45) is 0 Å². The first-order chi connectivity index (χ1) is 31.4. The van der Waals surface area contributed by atoms with E-state index in [-0.39, 0.29) is 72.2 Å². The average molecular weight is 919 g/mol. The maximum absolute atomic E-state index is 12.4. The van der Waals surface area contributed by atoms with Gasteiger partial charge < -0.3 is 74.0 Å². The quantitative estimate of drug-likeness (QED) is 0.0501. The lowest BCUT2D eigenvalue weighted by molar-refractivity contribution is -0.142. The summed E-state index contributed by atoms with van der Waals surface area (Å²) >= 11 is 0. The van der Waals surface area contributed by atoms with Crippen LogP contribution in [0.5, 0.6) is 0 Å². The van der Waals surface area contributed by atoms with Crippen LogP contribution in [0.25, 0.3) is 0 Å². The minimum atomic E-state index is -1.35. The fourth-order valence-corrected chi connectivity index (χ4v) is 6.45. The summed E-state index contributed by atoms with van der Waals surface area (Å²) in [7, 11) is 0. The van der Waals surface area contributed by atoms with Crippen molar-refractivity contribution in [1.29, 1.82) is 0 Å². The number of benzene rings is 2. The lowest BCUT2D eigenvalue weighted by Crippen LogP contribution is -2.45. The molecule has 0 bridgehead atoms. The molecule has 0 saturated heterocycles. The second-order valence-corrected chi connectivity index (χ2v) is 14.7. The molecule has 4 aromatic rings. The number of nitrogens with zero attached hydrogens (tertiary/aromatic N) is 3. The number of aliphatic carboxylic acids is 4. The Morgan fingerprint density at radius 2 is 1.14 bits per heavy atom. The van der Waals surface area contributed by atoms with Gasteiger partial charge in [0.15, 0.2) is 11.6 Å². The van der Waals surface area contributed by atoms with Gasteiger partial charge in [0.1, 0.15) is 23.5 Å². The smallest absolute Gasteiger partial charge is 0.326 e. The van der Waals surface area contributed by atoms with E-state index in [0.29, 0.717) is 54.7 Å². The molecule has 0 radical (unpaired) electrons. The Balaban J connectivity index is 0.000000248. The molecule has 0 aliphatic carbocycles. The fraction of sp³-hybridized carbons (Fsp3) is 0.308. The third-order valence-electron chi connectivity index (χ3n) is 9.81. The molecule has 2 aliphatic heterocycles. The van der Waals surface area contributed by atoms with Crippen LogP contribution in [0.2, 0.25) is 0 Å². The molecule has 6 rings (SSSR count). The van der Waals surface area contributed by atoms with Gasteiger partial charge in [-0.1, -0.05) is 0 Å². The monoisotopic (exact) mass is 918 g/mol. The number of carboxylic acid groups (broad SMARTS) is 4. The minimum absolute atomic E-state index is 0.0216. The molecular formula is C39H46N14O13. The lowest BCUT2D eigenvalue weighted by atomic mass is 10.1. The first-order valence-electron chi connectivity index (χ1n) is 19.9. The molecule has 17 N–H and O–H groups in total. The Morgan fingerprint density at radius 3 is 1.58 bits per heavy atom. The van der Waals surface area contributed by atoms with E-state index in [2.05, 4.69) is 57.2 Å². The summed E-state index contributed by atoms with van der Waals surface area (Å²) in [5.74, 6) is -5.55. The van der Waals surface area contributed by atoms with Crippen molar-refractivity contribution in [3.05, 3.63) is 80.4 Å². The molecule has 4 atom stereocenters. The van der Waals surface area contributed by atoms with Crippen molar-refractivity contribution >= 4 is 88.4 Å². The van der Waals surface area contributed by atoms with Crippen molar-refractivity contribution in [3.8, 4) is 0 Å². The molecule has 0 spiro atoms. The number of carbonyl (C=O) groups is 7. The number of carboxylic acids is 4. The molecule has 2 aromatic heterocycles. The average Bonchev–Trinajstić information content (AvgIpc) is 3.27. The minimum Gasteiger partial charge on any atom is -0.481 e. The van der Waals surface area contributed by atoms with Gasteiger partial charge in [0, 0.05) is 61.5 Å². The van der Waals surface area contributed by atoms with E-state index in [1.165, 1.54) is 41.3 Å². The first kappa shape index (κ1) is 48.1. The van der Waals surface area contributed by atoms with E-state index < -0.39 is 59.8 Å². The van der Waals surface area contributed by atoms with Crippen LogP contribution in [0.1, 0.15) is 46.4 Å². The van der Waals surface area contributed by atoms with E-state index in [0.717, 1.165) is 0 Å². The number of rotatable bonds is 19. The number of anilines is 8. The molecular weight excluding hydrogens is 873 g/mol. The molecule has 2 aromatic carbocycles. The van der Waals surface area contributed by atoms with Crippen LogP contribution in [0.4, 0.5) is 46.3 Å². The van der Waals surface area contributed by atoms with Crippen LogP contribution in [0.3, 0.4) is 0 Å². The highest BCUT2D eigenvalue weighted by atomic mass is 16.4. The van der Waals surface area contributed by atoms with E-state index in [1.807, 2.05) is 0 Å². The topological polar surface area (TPSA) is 431 Å². The SMILES string of the molecule is Nc1nc2c(c(=O)[nH]1)NC(CN(C=O)c1ccc(C(=O)NC(CCC(=O)O)C(=O)O)cc1)CN2.Nc1nc2c(c(=O)[nH]1)NC(CNc1ccc(C(=O)NC(CCC(=O)O)C(=O)O)cc1)CN2. The number of nitrogens with one attached hydrogen (secondary N) is 9. The Morgan fingerprint density at radius 1 is 0.697 bits per heavy atom. The van der Waals surface area contributed by atoms with Gasteiger partial charge in [-0.25, -0.2) is 9.59 Å². The highest BCUT2D eigenvalue weighted by Crippen LogP contribution is 2.23. The molecule has 27 nitrogen and oxygen atoms in total. The molecule has 350 valence electrons. The predicted molar refractivity (Wildman–Crippen MR) is 237 cm³/mol. The van der Waals surface area contributed by atoms with Gasteiger partial charge >= 0.3 is 23.9 Å². The third-order valence-corrected chi connectivity index (χ3v) is 9.81. The van der Waals surface area contributed by atoms with Gasteiger partial charge in [-0.2, -0.15) is 9.97 Å². The zero-order valence-electron chi connectivity index (χ0n) is 34.6. The van der Waals surface area contributed by atoms with Crippen LogP contribution < -0.4 is 64.7 Å². The Kier molecular flexibility index (Phi) is 16.0. The normalized spacial score (nSPS) is 15.3. The van der Waals surface area contributed by atoms with Crippen molar-refractivity contribution in [2.45, 2.75) is 49.9 Å². The number of H-pyrrole nitrogens is 2. The zero-order chi connectivity index (χ0) is 48.1. The molecule has 66 heavy (non-hydrogen) atoms. The highest BCUT2D eigenvalue weighted by molar-refractivity contribution is 5.98. The Bertz CT molecular complexity index is 2570. The van der Waals surface area contributed by atoms with Crippen molar-refractivity contribution < 1.29 is 54.0 Å². The Hall–Kier alpha value is -8.91. The fourth-order valence-electron chi connectivity index (χ4n) is 6.45. The van der Waals surface area contributed by atoms with Gasteiger partial charge in [0.2, 0.25) is 18.3 Å². The largest absolute Gasteiger partial charge is 0.481 e. The maximum Gasteiger partial charge on any atom is 0.326 e. The number of fused-ring (bicyclic) bond motifs is 2. The lowest BCUT2D eigenvalue weighted by Gasteiger charge is -2.30. The molecule has 0 saturated carbocycles. The van der Waals surface area contributed by atoms with Crippen molar-refractivity contribution in [1.82, 2.24) is 30.6 Å². The van der Waals surface area contributed by atoms with E-state index in [9.17, 15) is 48.3 Å². The molecule has 3 amide bonds. The van der Waals surface area contributed by atoms with Crippen molar-refractivity contribution in [3.63, 3.8) is 0 Å². The second kappa shape index (κ2) is 21.9. The standard InChI is InChI=1S/C20H23N7O7.C19H23N7O6/c21-20-25-16-15(18(32)26-20)23-11(7-22-16)8-27(9-28)12-3-1-10(2-4-12)17(31)24-13(19(33)34)5-6-14(29)30;20-19-25-15-14(17(30)26-19)23-11(8-22-15)7-21-10-3-1-9(2-4-10)16(29)24-12(18(31)32)5-6-13(27)28/h1-4,9,11,13,23H,5-8H2,(H,24,31)(H,29,30)(H,33,34)(H4,21,22,25,26,32);1-4,11-12,21,23H,5-8H2,(H,24,29)(H,27,28)(H,31,32)(H4,20,22,25,26,30). The predicted octanol–water partition coefficient (Wildman–Crippen LogP) is -1.01. The summed E-state index contributed by atoms with van der Waals surface area (Å²) in [5, 5.41) is 55.7. The van der Waals surface area contributed by atoms with Crippen LogP contribution in [-0.2, 0) is 24.0 Å². The molecule has 0 fully saturated rings. The van der Waals surface area contributed by atoms with Gasteiger partial charge in [0.25, 0.3) is 22.9 Å². The number of nitrogens with two attached hydrogens (primary N) is 2. The maximum atomic E-state index is 12.4. The third kappa shape index (κ3) is 13.3. The Labute approximate surface area is 371 Å². The van der Waals surface area contributed by atoms with Crippen LogP contribution >= 0.6 is 0 Å². The second-order valence-electron chi connectivity index (χ2n) is 14.7. The van der Waals surface area contributed by atoms with Crippen LogP contribution in [-0.4, -0.2) is 133 Å². The number of nitrogen functional groups attached to an aromatic ring is 2. The number of amides is 3. The first-order valence-corrected chi connectivity index (χ1v) is 19.9.